The van der Waals surface area contributed by atoms with Gasteiger partial charge in [-0.25, -0.2) is 4.79 Å². The standard InChI is InChI=1S/C18H26NO2/c1-19-12-6-5-11-17(19)16(10-7-13-19)14-21-18(20)15-8-3-2-4-9-15/h2-4,8-9,16-17H,5-7,10-14H2,1H3/q+1/t16-,17+,19+/m0/s1. The van der Waals surface area contributed by atoms with Crippen molar-refractivity contribution in [2.24, 2.45) is 5.92 Å². The van der Waals surface area contributed by atoms with E-state index in [-0.39, 0.29) is 5.97 Å². The molecule has 0 spiro atoms. The monoisotopic (exact) mass is 288 g/mol. The fourth-order valence-electron chi connectivity index (χ4n) is 4.27. The molecule has 1 aromatic rings. The molecule has 2 fully saturated rings. The number of quaternary nitrogens is 1. The quantitative estimate of drug-likeness (QED) is 0.630. The molecule has 0 aliphatic carbocycles. The first-order valence-electron chi connectivity index (χ1n) is 8.25. The highest BCUT2D eigenvalue weighted by atomic mass is 16.5. The minimum atomic E-state index is -0.175. The second-order valence-corrected chi connectivity index (χ2v) is 6.86. The lowest BCUT2D eigenvalue weighted by Gasteiger charge is -2.51. The lowest BCUT2D eigenvalue weighted by Crippen LogP contribution is -2.61. The molecule has 1 aromatic carbocycles. The number of nitrogens with zero attached hydrogens (tertiary/aromatic N) is 1. The molecule has 2 aliphatic rings. The Hall–Kier alpha value is -1.35. The number of carbonyl (C=O) groups is 1. The Labute approximate surface area is 127 Å². The van der Waals surface area contributed by atoms with E-state index in [1.807, 2.05) is 30.3 Å². The maximum absolute atomic E-state index is 12.1. The summed E-state index contributed by atoms with van der Waals surface area (Å²) in [4.78, 5) is 12.1. The molecule has 0 unspecified atom stereocenters. The lowest BCUT2D eigenvalue weighted by molar-refractivity contribution is -0.947. The van der Waals surface area contributed by atoms with Crippen molar-refractivity contribution >= 4 is 5.97 Å². The van der Waals surface area contributed by atoms with Crippen LogP contribution in [0.2, 0.25) is 0 Å². The van der Waals surface area contributed by atoms with Crippen LogP contribution in [0.1, 0.15) is 42.5 Å². The van der Waals surface area contributed by atoms with Crippen molar-refractivity contribution < 1.29 is 14.0 Å². The number of hydrogen-bond donors (Lipinski definition) is 0. The zero-order valence-electron chi connectivity index (χ0n) is 13.0. The van der Waals surface area contributed by atoms with Crippen LogP contribution in [0.5, 0.6) is 0 Å². The van der Waals surface area contributed by atoms with Gasteiger partial charge >= 0.3 is 5.97 Å². The summed E-state index contributed by atoms with van der Waals surface area (Å²) >= 11 is 0. The Bertz CT molecular complexity index is 483. The number of rotatable bonds is 3. The highest BCUT2D eigenvalue weighted by Gasteiger charge is 2.43. The van der Waals surface area contributed by atoms with E-state index in [4.69, 9.17) is 4.74 Å². The molecule has 3 nitrogen and oxygen atoms in total. The molecule has 0 N–H and O–H groups in total. The molecule has 114 valence electrons. The van der Waals surface area contributed by atoms with Gasteiger partial charge in [0.2, 0.25) is 0 Å². The maximum Gasteiger partial charge on any atom is 0.338 e. The Morgan fingerprint density at radius 1 is 1.14 bits per heavy atom. The molecule has 2 aliphatic heterocycles. The number of carbonyl (C=O) groups excluding carboxylic acids is 1. The third-order valence-corrected chi connectivity index (χ3v) is 5.45. The smallest absolute Gasteiger partial charge is 0.338 e. The average molecular weight is 288 g/mol. The van der Waals surface area contributed by atoms with Crippen molar-refractivity contribution in [3.05, 3.63) is 35.9 Å². The van der Waals surface area contributed by atoms with E-state index >= 15 is 0 Å². The fourth-order valence-corrected chi connectivity index (χ4v) is 4.27. The van der Waals surface area contributed by atoms with Crippen molar-refractivity contribution in [2.45, 2.75) is 38.1 Å². The number of hydrogen-bond acceptors (Lipinski definition) is 2. The minimum absolute atomic E-state index is 0.175. The Morgan fingerprint density at radius 3 is 2.71 bits per heavy atom. The van der Waals surface area contributed by atoms with Crippen LogP contribution in [0.15, 0.2) is 30.3 Å². The van der Waals surface area contributed by atoms with Gasteiger partial charge in [0, 0.05) is 12.3 Å². The average Bonchev–Trinajstić information content (AvgIpc) is 2.52. The first kappa shape index (κ1) is 14.6. The summed E-state index contributed by atoms with van der Waals surface area (Å²) in [5, 5.41) is 0. The predicted molar refractivity (Wildman–Crippen MR) is 83.0 cm³/mol. The summed E-state index contributed by atoms with van der Waals surface area (Å²) < 4.78 is 6.81. The van der Waals surface area contributed by atoms with Crippen LogP contribution in [0, 0.1) is 5.92 Å². The zero-order chi connectivity index (χ0) is 14.7. The van der Waals surface area contributed by atoms with Crippen LogP contribution in [-0.2, 0) is 4.74 Å². The third-order valence-electron chi connectivity index (χ3n) is 5.45. The van der Waals surface area contributed by atoms with Gasteiger partial charge in [0.25, 0.3) is 0 Å². The predicted octanol–water partition coefficient (Wildman–Crippen LogP) is 3.25. The minimum Gasteiger partial charge on any atom is -0.462 e. The Kier molecular flexibility index (Phi) is 4.29. The van der Waals surface area contributed by atoms with E-state index in [1.165, 1.54) is 49.7 Å². The van der Waals surface area contributed by atoms with E-state index < -0.39 is 0 Å². The zero-order valence-corrected chi connectivity index (χ0v) is 13.0. The second-order valence-electron chi connectivity index (χ2n) is 6.86. The number of ether oxygens (including phenoxy) is 1. The van der Waals surface area contributed by atoms with Crippen LogP contribution in [0.25, 0.3) is 0 Å². The summed E-state index contributed by atoms with van der Waals surface area (Å²) in [6.07, 6.45) is 6.45. The molecule has 3 atom stereocenters. The van der Waals surface area contributed by atoms with Gasteiger partial charge in [0.15, 0.2) is 0 Å². The number of fused-ring (bicyclic) bond motifs is 1. The van der Waals surface area contributed by atoms with E-state index in [9.17, 15) is 4.79 Å². The Balaban J connectivity index is 1.61. The molecule has 0 aromatic heterocycles. The van der Waals surface area contributed by atoms with Crippen LogP contribution in [0.4, 0.5) is 0 Å². The molecule has 0 amide bonds. The largest absolute Gasteiger partial charge is 0.462 e. The summed E-state index contributed by atoms with van der Waals surface area (Å²) in [6, 6.07) is 10.0. The van der Waals surface area contributed by atoms with Gasteiger partial charge in [0.05, 0.1) is 31.7 Å². The molecule has 21 heavy (non-hydrogen) atoms. The molecule has 2 saturated heterocycles. The highest BCUT2D eigenvalue weighted by molar-refractivity contribution is 5.89. The SMILES string of the molecule is C[N@+]12CCCC[C@@H]1[C@H](COC(=O)c1ccccc1)CCC2. The van der Waals surface area contributed by atoms with Crippen molar-refractivity contribution in [3.63, 3.8) is 0 Å². The van der Waals surface area contributed by atoms with Gasteiger partial charge in [-0.05, 0) is 37.8 Å². The number of piperidine rings is 2. The highest BCUT2D eigenvalue weighted by Crippen LogP contribution is 2.36. The lowest BCUT2D eigenvalue weighted by atomic mass is 9.82. The molecule has 0 saturated carbocycles. The summed E-state index contributed by atoms with van der Waals surface area (Å²) in [5.41, 5.74) is 0.661. The van der Waals surface area contributed by atoms with Gasteiger partial charge in [-0.15, -0.1) is 0 Å². The summed E-state index contributed by atoms with van der Waals surface area (Å²) in [5.74, 6) is 0.364. The van der Waals surface area contributed by atoms with Gasteiger partial charge < -0.3 is 9.22 Å². The van der Waals surface area contributed by atoms with E-state index in [2.05, 4.69) is 7.05 Å². The van der Waals surface area contributed by atoms with Crippen molar-refractivity contribution in [2.75, 3.05) is 26.7 Å². The first-order chi connectivity index (χ1) is 10.2. The van der Waals surface area contributed by atoms with E-state index in [0.717, 1.165) is 0 Å². The Morgan fingerprint density at radius 2 is 1.90 bits per heavy atom. The molecule has 2 heterocycles. The normalized spacial score (nSPS) is 32.2. The number of esters is 1. The molecule has 0 bridgehead atoms. The van der Waals surface area contributed by atoms with Gasteiger partial charge in [-0.3, -0.25) is 0 Å². The van der Waals surface area contributed by atoms with E-state index in [0.29, 0.717) is 24.1 Å². The summed E-state index contributed by atoms with van der Waals surface area (Å²) in [7, 11) is 2.40. The maximum atomic E-state index is 12.1. The molecule has 3 rings (SSSR count). The van der Waals surface area contributed by atoms with Gasteiger partial charge in [-0.1, -0.05) is 18.2 Å². The van der Waals surface area contributed by atoms with Crippen LogP contribution >= 0.6 is 0 Å². The second kappa shape index (κ2) is 6.18. The van der Waals surface area contributed by atoms with Crippen molar-refractivity contribution in [1.29, 1.82) is 0 Å². The number of benzene rings is 1. The molecule has 3 heteroatoms. The molecular weight excluding hydrogens is 262 g/mol. The van der Waals surface area contributed by atoms with Crippen molar-refractivity contribution in [3.8, 4) is 0 Å². The molecule has 0 radical (unpaired) electrons. The van der Waals surface area contributed by atoms with Gasteiger partial charge in [-0.2, -0.15) is 0 Å². The van der Waals surface area contributed by atoms with Crippen molar-refractivity contribution in [1.82, 2.24) is 0 Å². The fraction of sp³-hybridized carbons (Fsp3) is 0.611. The molecular formula is C18H26NO2+. The first-order valence-corrected chi connectivity index (χ1v) is 8.25. The van der Waals surface area contributed by atoms with Gasteiger partial charge in [0.1, 0.15) is 6.61 Å². The van der Waals surface area contributed by atoms with E-state index in [1.54, 1.807) is 0 Å². The summed E-state index contributed by atoms with van der Waals surface area (Å²) in [6.45, 7) is 3.19. The third kappa shape index (κ3) is 3.13. The van der Waals surface area contributed by atoms with Crippen LogP contribution in [0.3, 0.4) is 0 Å². The van der Waals surface area contributed by atoms with Crippen LogP contribution in [-0.4, -0.2) is 43.2 Å². The topological polar surface area (TPSA) is 26.3 Å². The van der Waals surface area contributed by atoms with Crippen LogP contribution < -0.4 is 0 Å².